The van der Waals surface area contributed by atoms with Crippen LogP contribution in [0.15, 0.2) is 52.9 Å². The van der Waals surface area contributed by atoms with Gasteiger partial charge in [-0.15, -0.1) is 0 Å². The van der Waals surface area contributed by atoms with Gasteiger partial charge in [0.25, 0.3) is 11.6 Å². The summed E-state index contributed by atoms with van der Waals surface area (Å²) >= 11 is 0. The van der Waals surface area contributed by atoms with E-state index in [-0.39, 0.29) is 29.5 Å². The number of fused-ring (bicyclic) bond motifs is 1. The number of rotatable bonds is 6. The molecule has 1 aliphatic carbocycles. The van der Waals surface area contributed by atoms with Crippen molar-refractivity contribution in [3.05, 3.63) is 81.3 Å². The van der Waals surface area contributed by atoms with Crippen LogP contribution in [0.3, 0.4) is 0 Å². The number of carbonyl (C=O) groups excluding carboxylic acids is 1. The average molecular weight is 394 g/mol. The molecule has 8 nitrogen and oxygen atoms in total. The van der Waals surface area contributed by atoms with Gasteiger partial charge >= 0.3 is 0 Å². The highest BCUT2D eigenvalue weighted by atomic mass is 16.6. The fourth-order valence-corrected chi connectivity index (χ4v) is 3.29. The smallest absolute Gasteiger partial charge is 0.291 e. The summed E-state index contributed by atoms with van der Waals surface area (Å²) in [6.45, 7) is 0.161. The highest BCUT2D eigenvalue weighted by molar-refractivity contribution is 6.03. The molecule has 1 heterocycles. The van der Waals surface area contributed by atoms with Crippen molar-refractivity contribution in [1.29, 1.82) is 0 Å². The van der Waals surface area contributed by atoms with Crippen LogP contribution in [0.2, 0.25) is 0 Å². The lowest BCUT2D eigenvalue weighted by molar-refractivity contribution is -0.384. The van der Waals surface area contributed by atoms with Crippen molar-refractivity contribution in [3.63, 3.8) is 0 Å². The van der Waals surface area contributed by atoms with Gasteiger partial charge in [0.05, 0.1) is 10.6 Å². The maximum atomic E-state index is 12.3. The van der Waals surface area contributed by atoms with Gasteiger partial charge in [-0.3, -0.25) is 14.9 Å². The molecule has 0 bridgehead atoms. The normalized spacial score (nSPS) is 12.4. The van der Waals surface area contributed by atoms with Crippen LogP contribution in [0.1, 0.15) is 33.9 Å². The Hall–Kier alpha value is -3.81. The van der Waals surface area contributed by atoms with Crippen LogP contribution in [-0.4, -0.2) is 15.9 Å². The number of aryl methyl sites for hydroxylation is 2. The molecule has 0 spiro atoms. The number of phenols is 1. The number of anilines is 1. The zero-order valence-electron chi connectivity index (χ0n) is 15.4. The summed E-state index contributed by atoms with van der Waals surface area (Å²) in [7, 11) is 0. The molecule has 1 aromatic heterocycles. The summed E-state index contributed by atoms with van der Waals surface area (Å²) in [5.41, 5.74) is 2.34. The Labute approximate surface area is 165 Å². The summed E-state index contributed by atoms with van der Waals surface area (Å²) in [6, 6.07) is 12.5. The molecule has 0 saturated heterocycles. The average Bonchev–Trinajstić information content (AvgIpc) is 3.36. The third kappa shape index (κ3) is 4.06. The molecule has 0 aliphatic heterocycles. The molecule has 0 unspecified atom stereocenters. The second-order valence-electron chi connectivity index (χ2n) is 6.75. The number of ether oxygens (including phenoxy) is 1. The lowest BCUT2D eigenvalue weighted by Gasteiger charge is -2.07. The molecule has 2 N–H and O–H groups in total. The molecule has 2 aromatic carbocycles. The maximum absolute atomic E-state index is 12.3. The number of benzene rings is 2. The second kappa shape index (κ2) is 7.67. The Kier molecular flexibility index (Phi) is 4.90. The van der Waals surface area contributed by atoms with Crippen molar-refractivity contribution in [3.8, 4) is 11.5 Å². The molecule has 3 aromatic rings. The van der Waals surface area contributed by atoms with E-state index < -0.39 is 10.8 Å². The van der Waals surface area contributed by atoms with Crippen LogP contribution in [0.25, 0.3) is 0 Å². The Balaban J connectivity index is 1.40. The monoisotopic (exact) mass is 394 g/mol. The first kappa shape index (κ1) is 18.5. The number of nitro benzene ring substituents is 1. The van der Waals surface area contributed by atoms with E-state index in [0.29, 0.717) is 5.76 Å². The predicted molar refractivity (Wildman–Crippen MR) is 104 cm³/mol. The molecule has 4 rings (SSSR count). The molecule has 8 heteroatoms. The van der Waals surface area contributed by atoms with E-state index in [1.807, 2.05) is 12.1 Å². The lowest BCUT2D eigenvalue weighted by atomic mass is 10.1. The number of hydrogen-bond acceptors (Lipinski definition) is 6. The summed E-state index contributed by atoms with van der Waals surface area (Å²) < 4.78 is 11.2. The van der Waals surface area contributed by atoms with Crippen LogP contribution in [0.4, 0.5) is 11.4 Å². The molecule has 0 atom stereocenters. The highest BCUT2D eigenvalue weighted by Crippen LogP contribution is 2.29. The first-order valence-corrected chi connectivity index (χ1v) is 9.11. The molecule has 1 aliphatic rings. The van der Waals surface area contributed by atoms with Crippen molar-refractivity contribution in [2.45, 2.75) is 25.9 Å². The van der Waals surface area contributed by atoms with Gasteiger partial charge in [-0.1, -0.05) is 6.07 Å². The number of furan rings is 1. The standard InChI is InChI=1S/C21H18N2O6/c24-19-8-5-15(23(26)27)11-18(19)22-21(25)20-9-7-17(29-20)12-28-16-6-4-13-2-1-3-14(13)10-16/h4-11,24H,1-3,12H2,(H,22,25). The van der Waals surface area contributed by atoms with Crippen molar-refractivity contribution in [2.75, 3.05) is 5.32 Å². The largest absolute Gasteiger partial charge is 0.506 e. The number of hydrogen-bond donors (Lipinski definition) is 2. The number of nitro groups is 1. The third-order valence-electron chi connectivity index (χ3n) is 4.78. The van der Waals surface area contributed by atoms with Gasteiger partial charge in [-0.2, -0.15) is 0 Å². The topological polar surface area (TPSA) is 115 Å². The van der Waals surface area contributed by atoms with Crippen LogP contribution in [0.5, 0.6) is 11.5 Å². The Morgan fingerprint density at radius 3 is 2.79 bits per heavy atom. The van der Waals surface area contributed by atoms with Gasteiger partial charge < -0.3 is 19.6 Å². The van der Waals surface area contributed by atoms with E-state index >= 15 is 0 Å². The summed E-state index contributed by atoms with van der Waals surface area (Å²) in [5.74, 6) is 0.289. The van der Waals surface area contributed by atoms with E-state index in [4.69, 9.17) is 9.15 Å². The van der Waals surface area contributed by atoms with Crippen LogP contribution >= 0.6 is 0 Å². The molecule has 0 radical (unpaired) electrons. The van der Waals surface area contributed by atoms with E-state index in [2.05, 4.69) is 11.4 Å². The minimum atomic E-state index is -0.635. The Bertz CT molecular complexity index is 1090. The first-order valence-electron chi connectivity index (χ1n) is 9.11. The van der Waals surface area contributed by atoms with E-state index in [0.717, 1.165) is 43.2 Å². The van der Waals surface area contributed by atoms with E-state index in [9.17, 15) is 20.0 Å². The van der Waals surface area contributed by atoms with Gasteiger partial charge in [0.1, 0.15) is 23.9 Å². The van der Waals surface area contributed by atoms with Gasteiger partial charge in [-0.25, -0.2) is 0 Å². The maximum Gasteiger partial charge on any atom is 0.291 e. The molecule has 1 amide bonds. The van der Waals surface area contributed by atoms with Gasteiger partial charge in [0, 0.05) is 12.1 Å². The van der Waals surface area contributed by atoms with E-state index in [1.165, 1.54) is 17.2 Å². The molecular weight excluding hydrogens is 376 g/mol. The number of amides is 1. The first-order chi connectivity index (χ1) is 14.0. The number of carbonyl (C=O) groups is 1. The van der Waals surface area contributed by atoms with Crippen molar-refractivity contribution < 1.29 is 24.0 Å². The molecule has 0 saturated carbocycles. The van der Waals surface area contributed by atoms with Crippen LogP contribution < -0.4 is 10.1 Å². The minimum absolute atomic E-state index is 0.00320. The van der Waals surface area contributed by atoms with Crippen LogP contribution in [0, 0.1) is 10.1 Å². The van der Waals surface area contributed by atoms with Gasteiger partial charge in [0.15, 0.2) is 5.76 Å². The number of nitrogens with zero attached hydrogens (tertiary/aromatic N) is 1. The highest BCUT2D eigenvalue weighted by Gasteiger charge is 2.17. The zero-order valence-corrected chi connectivity index (χ0v) is 15.4. The van der Waals surface area contributed by atoms with Crippen molar-refractivity contribution in [1.82, 2.24) is 0 Å². The summed E-state index contributed by atoms with van der Waals surface area (Å²) in [5, 5.41) is 23.1. The van der Waals surface area contributed by atoms with Crippen molar-refractivity contribution in [2.24, 2.45) is 0 Å². The summed E-state index contributed by atoms with van der Waals surface area (Å²) in [6.07, 6.45) is 3.32. The van der Waals surface area contributed by atoms with Crippen molar-refractivity contribution >= 4 is 17.3 Å². The summed E-state index contributed by atoms with van der Waals surface area (Å²) in [4.78, 5) is 22.6. The SMILES string of the molecule is O=C(Nc1cc([N+](=O)[O-])ccc1O)c1ccc(COc2ccc3c(c2)CCC3)o1. The predicted octanol–water partition coefficient (Wildman–Crippen LogP) is 4.21. The van der Waals surface area contributed by atoms with E-state index in [1.54, 1.807) is 6.07 Å². The zero-order chi connectivity index (χ0) is 20.4. The fraction of sp³-hybridized carbons (Fsp3) is 0.190. The van der Waals surface area contributed by atoms with Gasteiger partial charge in [-0.05, 0) is 60.7 Å². The Morgan fingerprint density at radius 1 is 1.14 bits per heavy atom. The second-order valence-corrected chi connectivity index (χ2v) is 6.75. The number of phenolic OH excluding ortho intramolecular Hbond substituents is 1. The molecular formula is C21H18N2O6. The Morgan fingerprint density at radius 2 is 1.97 bits per heavy atom. The quantitative estimate of drug-likeness (QED) is 0.368. The number of aromatic hydroxyl groups is 1. The third-order valence-corrected chi connectivity index (χ3v) is 4.78. The number of non-ortho nitro benzene ring substituents is 1. The van der Waals surface area contributed by atoms with Gasteiger partial charge in [0.2, 0.25) is 0 Å². The van der Waals surface area contributed by atoms with Crippen LogP contribution in [-0.2, 0) is 19.4 Å². The fourth-order valence-electron chi connectivity index (χ4n) is 3.29. The number of nitrogens with one attached hydrogen (secondary N) is 1. The molecule has 0 fully saturated rings. The molecule has 148 valence electrons. The molecule has 29 heavy (non-hydrogen) atoms. The minimum Gasteiger partial charge on any atom is -0.506 e. The lowest BCUT2D eigenvalue weighted by Crippen LogP contribution is -2.11.